The second kappa shape index (κ2) is 12.9. The number of fused-ring (bicyclic) bond motifs is 5. The molecule has 4 unspecified atom stereocenters. The molecule has 12 nitrogen and oxygen atoms in total. The van der Waals surface area contributed by atoms with Crippen LogP contribution in [0.3, 0.4) is 0 Å². The predicted octanol–water partition coefficient (Wildman–Crippen LogP) is 4.48. The first-order valence-corrected chi connectivity index (χ1v) is 18.3. The average Bonchev–Trinajstić information content (AvgIpc) is 4.04. The number of nitrogens with one attached hydrogen (secondary N) is 1. The van der Waals surface area contributed by atoms with Gasteiger partial charge in [0.1, 0.15) is 34.0 Å². The number of phenolic OH excluding ortho intramolecular Hbond substituents is 1. The van der Waals surface area contributed by atoms with Crippen molar-refractivity contribution in [2.45, 2.75) is 50.6 Å². The molecule has 3 saturated heterocycles. The van der Waals surface area contributed by atoms with Crippen LogP contribution in [-0.2, 0) is 4.79 Å². The molecule has 4 atom stereocenters. The van der Waals surface area contributed by atoms with E-state index in [0.29, 0.717) is 30.9 Å². The molecule has 2 aromatic heterocycles. The fourth-order valence-corrected chi connectivity index (χ4v) is 9.09. The van der Waals surface area contributed by atoms with Crippen molar-refractivity contribution in [1.29, 1.82) is 0 Å². The number of anilines is 1. The van der Waals surface area contributed by atoms with Crippen molar-refractivity contribution >= 4 is 33.4 Å². The third-order valence-electron chi connectivity index (χ3n) is 12.0. The quantitative estimate of drug-likeness (QED) is 0.149. The van der Waals surface area contributed by atoms with Gasteiger partial charge in [0, 0.05) is 74.1 Å². The van der Waals surface area contributed by atoms with E-state index in [1.54, 1.807) is 0 Å². The first-order chi connectivity index (χ1) is 25.7. The van der Waals surface area contributed by atoms with Crippen LogP contribution in [-0.4, -0.2) is 106 Å². The Bertz CT molecular complexity index is 2170. The van der Waals surface area contributed by atoms with E-state index in [9.17, 15) is 9.90 Å². The fraction of sp³-hybridized carbons (Fsp3) is 0.487. The van der Waals surface area contributed by atoms with Crippen LogP contribution in [0.2, 0.25) is 0 Å². The lowest BCUT2D eigenvalue weighted by atomic mass is 9.95. The van der Waals surface area contributed by atoms with E-state index in [-0.39, 0.29) is 87.1 Å². The van der Waals surface area contributed by atoms with Crippen molar-refractivity contribution < 1.29 is 33.4 Å². The first-order valence-electron chi connectivity index (χ1n) is 18.3. The number of hydrogen-bond acceptors (Lipinski definition) is 11. The van der Waals surface area contributed by atoms with E-state index in [4.69, 9.17) is 26.1 Å². The molecule has 5 aliphatic rings. The molecule has 0 radical (unpaired) electrons. The minimum absolute atomic E-state index is 0.0112. The Morgan fingerprint density at radius 2 is 1.83 bits per heavy atom. The van der Waals surface area contributed by atoms with E-state index in [2.05, 4.69) is 26.3 Å². The highest BCUT2D eigenvalue weighted by Crippen LogP contribution is 2.51. The number of hydroxylamine groups is 1. The largest absolute Gasteiger partial charge is 0.508 e. The highest BCUT2D eigenvalue weighted by Gasteiger charge is 2.51. The van der Waals surface area contributed by atoms with Gasteiger partial charge in [-0.1, -0.05) is 12.0 Å². The molecule has 2 saturated carbocycles. The zero-order valence-corrected chi connectivity index (χ0v) is 29.4. The molecule has 9 rings (SSSR count). The van der Waals surface area contributed by atoms with Crippen molar-refractivity contribution in [3.8, 4) is 41.2 Å². The lowest BCUT2D eigenvalue weighted by Crippen LogP contribution is -2.56. The molecule has 14 heteroatoms. The Kier molecular flexibility index (Phi) is 8.28. The van der Waals surface area contributed by atoms with Gasteiger partial charge >= 0.3 is 6.01 Å². The Morgan fingerprint density at radius 3 is 2.51 bits per heavy atom. The number of carbonyl (C=O) groups excluding carboxylic acids is 1. The molecular formula is C39H41F2N7O5. The van der Waals surface area contributed by atoms with Crippen molar-refractivity contribution in [1.82, 2.24) is 30.2 Å². The standard InChI is InChI=1S/C39H41F2N7O5/c1-3-27-29(40)7-4-21-13-26(49)14-28(31(21)27)34-33(41)35-32(37(43-34)52-2)36(47-17-24-5-6-25(18-47)48(24)30(50)8-11-42-51)45-38(44-35)53-20-39(9-10-39)19-46-15-22-12-23(22)16-46/h1,4,7,13-14,22-25,42,49,51H,5-6,8-12,15-20H2,2H3. The SMILES string of the molecule is C#Cc1c(F)ccc2cc(O)cc(-c3nc(OC)c4c(N5CC6CCC(C5)N6C(=O)CCNO)nc(OCC5(CN6CC7CC7C6)CC5)nc4c3F)c12. The molecule has 3 N–H and O–H groups in total. The molecule has 5 fully saturated rings. The van der Waals surface area contributed by atoms with E-state index < -0.39 is 11.6 Å². The van der Waals surface area contributed by atoms with Gasteiger partial charge in [0.05, 0.1) is 19.3 Å². The predicted molar refractivity (Wildman–Crippen MR) is 192 cm³/mol. The molecule has 0 spiro atoms. The zero-order chi connectivity index (χ0) is 36.6. The highest BCUT2D eigenvalue weighted by molar-refractivity contribution is 6.04. The summed E-state index contributed by atoms with van der Waals surface area (Å²) in [6.45, 7) is 4.60. The summed E-state index contributed by atoms with van der Waals surface area (Å²) >= 11 is 0. The van der Waals surface area contributed by atoms with Crippen molar-refractivity contribution in [3.63, 3.8) is 0 Å². The number of carbonyl (C=O) groups is 1. The number of ether oxygens (including phenoxy) is 2. The summed E-state index contributed by atoms with van der Waals surface area (Å²) in [6.07, 6.45) is 10.9. The van der Waals surface area contributed by atoms with Crippen LogP contribution in [0.25, 0.3) is 32.9 Å². The number of rotatable bonds is 11. The second-order valence-electron chi connectivity index (χ2n) is 15.5. The van der Waals surface area contributed by atoms with Gasteiger partial charge in [-0.15, -0.1) is 6.42 Å². The highest BCUT2D eigenvalue weighted by atomic mass is 19.1. The summed E-state index contributed by atoms with van der Waals surface area (Å²) in [5, 5.41) is 20.6. The first kappa shape index (κ1) is 34.0. The van der Waals surface area contributed by atoms with Gasteiger partial charge in [0.15, 0.2) is 5.82 Å². The lowest BCUT2D eigenvalue weighted by Gasteiger charge is -2.42. The number of nitrogens with zero attached hydrogens (tertiary/aromatic N) is 6. The number of terminal acetylenes is 1. The number of halogens is 2. The summed E-state index contributed by atoms with van der Waals surface area (Å²) in [5.74, 6) is 2.71. The second-order valence-corrected chi connectivity index (χ2v) is 15.5. The molecule has 4 aromatic rings. The molecule has 2 aliphatic carbocycles. The van der Waals surface area contributed by atoms with Crippen LogP contribution in [0.4, 0.5) is 14.6 Å². The van der Waals surface area contributed by atoms with Crippen molar-refractivity contribution in [2.24, 2.45) is 17.3 Å². The van der Waals surface area contributed by atoms with Gasteiger partial charge < -0.3 is 34.5 Å². The van der Waals surface area contributed by atoms with Gasteiger partial charge in [0.25, 0.3) is 0 Å². The Balaban J connectivity index is 1.15. The molecule has 276 valence electrons. The van der Waals surface area contributed by atoms with E-state index in [1.807, 2.05) is 9.80 Å². The molecule has 53 heavy (non-hydrogen) atoms. The van der Waals surface area contributed by atoms with Crippen LogP contribution in [0.5, 0.6) is 17.6 Å². The maximum absolute atomic E-state index is 17.2. The molecular weight excluding hydrogens is 684 g/mol. The van der Waals surface area contributed by atoms with Gasteiger partial charge in [0.2, 0.25) is 11.8 Å². The van der Waals surface area contributed by atoms with Crippen LogP contribution in [0.15, 0.2) is 24.3 Å². The van der Waals surface area contributed by atoms with Crippen molar-refractivity contribution in [3.05, 3.63) is 41.5 Å². The number of hydrogen-bond donors (Lipinski definition) is 3. The number of pyridine rings is 1. The fourth-order valence-electron chi connectivity index (χ4n) is 9.09. The Morgan fingerprint density at radius 1 is 1.08 bits per heavy atom. The third kappa shape index (κ3) is 5.95. The van der Waals surface area contributed by atoms with Crippen LogP contribution in [0, 0.1) is 41.2 Å². The van der Waals surface area contributed by atoms with E-state index in [1.165, 1.54) is 37.8 Å². The lowest BCUT2D eigenvalue weighted by molar-refractivity contribution is -0.134. The average molecular weight is 726 g/mol. The molecule has 5 heterocycles. The summed E-state index contributed by atoms with van der Waals surface area (Å²) in [5.41, 5.74) is 1.71. The number of methoxy groups -OCH3 is 1. The number of amides is 1. The topological polar surface area (TPSA) is 136 Å². The summed E-state index contributed by atoms with van der Waals surface area (Å²) in [4.78, 5) is 33.8. The maximum atomic E-state index is 17.2. The van der Waals surface area contributed by atoms with Crippen LogP contribution < -0.4 is 19.9 Å². The van der Waals surface area contributed by atoms with E-state index in [0.717, 1.165) is 57.2 Å². The van der Waals surface area contributed by atoms with Gasteiger partial charge in [-0.05, 0) is 67.5 Å². The number of piperidine rings is 1. The van der Waals surface area contributed by atoms with Crippen LogP contribution in [0.1, 0.15) is 44.1 Å². The van der Waals surface area contributed by atoms with E-state index >= 15 is 8.78 Å². The Labute approximate surface area is 305 Å². The molecule has 3 aliphatic heterocycles. The van der Waals surface area contributed by atoms with Gasteiger partial charge in [-0.3, -0.25) is 4.79 Å². The molecule has 1 amide bonds. The Hall–Kier alpha value is -4.84. The number of phenols is 1. The minimum atomic E-state index is -0.834. The molecule has 2 bridgehead atoms. The maximum Gasteiger partial charge on any atom is 0.319 e. The number of aromatic hydroxyl groups is 1. The zero-order valence-electron chi connectivity index (χ0n) is 29.4. The monoisotopic (exact) mass is 725 g/mol. The number of aromatic nitrogens is 3. The van der Waals surface area contributed by atoms with Crippen molar-refractivity contribution in [2.75, 3.05) is 57.9 Å². The van der Waals surface area contributed by atoms with Crippen LogP contribution >= 0.6 is 0 Å². The number of benzene rings is 2. The normalized spacial score (nSPS) is 24.1. The molecule has 2 aromatic carbocycles. The minimum Gasteiger partial charge on any atom is -0.508 e. The third-order valence-corrected chi connectivity index (χ3v) is 12.0. The van der Waals surface area contributed by atoms with Gasteiger partial charge in [-0.2, -0.15) is 9.97 Å². The summed E-state index contributed by atoms with van der Waals surface area (Å²) in [7, 11) is 1.42. The number of likely N-dealkylation sites (tertiary alicyclic amines) is 1. The summed E-state index contributed by atoms with van der Waals surface area (Å²) in [6, 6.07) is 5.19. The van der Waals surface area contributed by atoms with Gasteiger partial charge in [-0.25, -0.2) is 19.2 Å². The summed E-state index contributed by atoms with van der Waals surface area (Å²) < 4.78 is 44.5. The number of piperazine rings is 1. The smallest absolute Gasteiger partial charge is 0.319 e.